The summed E-state index contributed by atoms with van der Waals surface area (Å²) in [5.41, 5.74) is -0.615. The van der Waals surface area contributed by atoms with Gasteiger partial charge in [-0.15, -0.1) is 6.58 Å². The Bertz CT molecular complexity index is 312. The predicted octanol–water partition coefficient (Wildman–Crippen LogP) is 2.88. The normalized spacial score (nSPS) is 15.0. The number of hydrogen-bond acceptors (Lipinski definition) is 3. The molecule has 0 rings (SSSR count). The molecule has 1 unspecified atom stereocenters. The SMILES string of the molecule is C=C[C@@H](C(=O)O)C(CC(C)C)C(=O)OC(C)(C)C. The van der Waals surface area contributed by atoms with Gasteiger partial charge in [-0.2, -0.15) is 0 Å². The van der Waals surface area contributed by atoms with Crippen molar-refractivity contribution in [3.8, 4) is 0 Å². The van der Waals surface area contributed by atoms with Crippen molar-refractivity contribution in [1.29, 1.82) is 0 Å². The smallest absolute Gasteiger partial charge is 0.311 e. The van der Waals surface area contributed by atoms with E-state index in [0.29, 0.717) is 6.42 Å². The highest BCUT2D eigenvalue weighted by atomic mass is 16.6. The second-order valence-corrected chi connectivity index (χ2v) is 5.87. The van der Waals surface area contributed by atoms with E-state index in [1.165, 1.54) is 6.08 Å². The van der Waals surface area contributed by atoms with E-state index in [0.717, 1.165) is 0 Å². The molecular formula is C14H24O4. The fraction of sp³-hybridized carbons (Fsp3) is 0.714. The zero-order valence-corrected chi connectivity index (χ0v) is 11.9. The van der Waals surface area contributed by atoms with Crippen LogP contribution in [0, 0.1) is 17.8 Å². The van der Waals surface area contributed by atoms with Gasteiger partial charge in [0.05, 0.1) is 11.8 Å². The molecule has 0 radical (unpaired) electrons. The standard InChI is InChI=1S/C14H24O4/c1-7-10(12(15)16)11(8-9(2)3)13(17)18-14(4,5)6/h7,9-11H,1,8H2,2-6H3,(H,15,16)/t10-,11?/m1/s1. The zero-order chi connectivity index (χ0) is 14.5. The number of carboxylic acid groups (broad SMARTS) is 1. The Balaban J connectivity index is 5.03. The molecule has 0 aromatic carbocycles. The van der Waals surface area contributed by atoms with Crippen LogP contribution in [0.1, 0.15) is 41.0 Å². The number of hydrogen-bond donors (Lipinski definition) is 1. The number of carboxylic acids is 1. The molecule has 1 N–H and O–H groups in total. The van der Waals surface area contributed by atoms with E-state index in [2.05, 4.69) is 6.58 Å². The summed E-state index contributed by atoms with van der Waals surface area (Å²) >= 11 is 0. The molecule has 104 valence electrons. The molecule has 2 atom stereocenters. The fourth-order valence-electron chi connectivity index (χ4n) is 1.71. The van der Waals surface area contributed by atoms with Gasteiger partial charge in [0.25, 0.3) is 0 Å². The van der Waals surface area contributed by atoms with Gasteiger partial charge in [0.15, 0.2) is 0 Å². The van der Waals surface area contributed by atoms with E-state index < -0.39 is 29.4 Å². The molecule has 0 aliphatic carbocycles. The summed E-state index contributed by atoms with van der Waals surface area (Å²) in [6, 6.07) is 0. The first-order valence-electron chi connectivity index (χ1n) is 6.16. The third-order valence-corrected chi connectivity index (χ3v) is 2.41. The van der Waals surface area contributed by atoms with Crippen molar-refractivity contribution < 1.29 is 19.4 Å². The molecule has 0 amide bonds. The van der Waals surface area contributed by atoms with Gasteiger partial charge >= 0.3 is 11.9 Å². The molecule has 18 heavy (non-hydrogen) atoms. The molecule has 0 saturated carbocycles. The number of esters is 1. The summed E-state index contributed by atoms with van der Waals surface area (Å²) in [6.45, 7) is 12.7. The zero-order valence-electron chi connectivity index (χ0n) is 11.9. The van der Waals surface area contributed by atoms with Crippen molar-refractivity contribution in [1.82, 2.24) is 0 Å². The fourth-order valence-corrected chi connectivity index (χ4v) is 1.71. The minimum atomic E-state index is -1.04. The minimum Gasteiger partial charge on any atom is -0.481 e. The topological polar surface area (TPSA) is 63.6 Å². The van der Waals surface area contributed by atoms with Crippen molar-refractivity contribution >= 4 is 11.9 Å². The number of carbonyl (C=O) groups excluding carboxylic acids is 1. The first-order chi connectivity index (χ1) is 8.08. The van der Waals surface area contributed by atoms with Crippen molar-refractivity contribution in [3.63, 3.8) is 0 Å². The Morgan fingerprint density at radius 2 is 1.83 bits per heavy atom. The van der Waals surface area contributed by atoms with E-state index in [4.69, 9.17) is 9.84 Å². The first kappa shape index (κ1) is 16.7. The number of aliphatic carboxylic acids is 1. The van der Waals surface area contributed by atoms with Gasteiger partial charge in [-0.1, -0.05) is 19.9 Å². The van der Waals surface area contributed by atoms with Gasteiger partial charge in [0.1, 0.15) is 5.60 Å². The minimum absolute atomic E-state index is 0.212. The van der Waals surface area contributed by atoms with E-state index in [-0.39, 0.29) is 5.92 Å². The van der Waals surface area contributed by atoms with E-state index in [9.17, 15) is 9.59 Å². The number of ether oxygens (including phenoxy) is 1. The Morgan fingerprint density at radius 1 is 1.33 bits per heavy atom. The van der Waals surface area contributed by atoms with Crippen LogP contribution in [0.25, 0.3) is 0 Å². The Labute approximate surface area is 109 Å². The molecule has 0 heterocycles. The molecule has 0 aromatic heterocycles. The number of rotatable bonds is 6. The second-order valence-electron chi connectivity index (χ2n) is 5.87. The Morgan fingerprint density at radius 3 is 2.11 bits per heavy atom. The lowest BCUT2D eigenvalue weighted by atomic mass is 9.85. The highest BCUT2D eigenvalue weighted by Gasteiger charge is 2.35. The van der Waals surface area contributed by atoms with Crippen molar-refractivity contribution in [3.05, 3.63) is 12.7 Å². The average molecular weight is 256 g/mol. The maximum atomic E-state index is 12.1. The van der Waals surface area contributed by atoms with Gasteiger partial charge in [0.2, 0.25) is 0 Å². The van der Waals surface area contributed by atoms with Crippen molar-refractivity contribution in [2.24, 2.45) is 17.8 Å². The predicted molar refractivity (Wildman–Crippen MR) is 70.1 cm³/mol. The van der Waals surface area contributed by atoms with Crippen molar-refractivity contribution in [2.75, 3.05) is 0 Å². The van der Waals surface area contributed by atoms with Crippen LogP contribution in [0.15, 0.2) is 12.7 Å². The average Bonchev–Trinajstić information content (AvgIpc) is 2.13. The molecule has 4 nitrogen and oxygen atoms in total. The molecule has 0 aromatic rings. The van der Waals surface area contributed by atoms with E-state index in [1.54, 1.807) is 20.8 Å². The van der Waals surface area contributed by atoms with E-state index in [1.807, 2.05) is 13.8 Å². The molecule has 0 saturated heterocycles. The van der Waals surface area contributed by atoms with Gasteiger partial charge in [-0.05, 0) is 33.1 Å². The lowest BCUT2D eigenvalue weighted by molar-refractivity contribution is -0.166. The van der Waals surface area contributed by atoms with Gasteiger partial charge in [-0.3, -0.25) is 9.59 Å². The van der Waals surface area contributed by atoms with Crippen molar-refractivity contribution in [2.45, 2.75) is 46.6 Å². The molecule has 0 aliphatic rings. The van der Waals surface area contributed by atoms with Crippen LogP contribution in [0.5, 0.6) is 0 Å². The number of carbonyl (C=O) groups is 2. The van der Waals surface area contributed by atoms with Gasteiger partial charge < -0.3 is 9.84 Å². The summed E-state index contributed by atoms with van der Waals surface area (Å²) in [5, 5.41) is 9.12. The monoisotopic (exact) mass is 256 g/mol. The Hall–Kier alpha value is -1.32. The molecule has 0 fully saturated rings. The second kappa shape index (κ2) is 6.57. The summed E-state index contributed by atoms with van der Waals surface area (Å²) in [5.74, 6) is -2.88. The third-order valence-electron chi connectivity index (χ3n) is 2.41. The van der Waals surface area contributed by atoms with Crippen LogP contribution in [0.4, 0.5) is 0 Å². The third kappa shape index (κ3) is 5.84. The van der Waals surface area contributed by atoms with E-state index >= 15 is 0 Å². The summed E-state index contributed by atoms with van der Waals surface area (Å²) in [6.07, 6.45) is 1.78. The molecule has 0 bridgehead atoms. The van der Waals surface area contributed by atoms with Gasteiger partial charge in [-0.25, -0.2) is 0 Å². The highest BCUT2D eigenvalue weighted by Crippen LogP contribution is 2.25. The highest BCUT2D eigenvalue weighted by molar-refractivity contribution is 5.82. The largest absolute Gasteiger partial charge is 0.481 e. The summed E-state index contributed by atoms with van der Waals surface area (Å²) < 4.78 is 5.28. The van der Waals surface area contributed by atoms with Crippen LogP contribution in [-0.2, 0) is 14.3 Å². The lowest BCUT2D eigenvalue weighted by Crippen LogP contribution is -2.35. The van der Waals surface area contributed by atoms with Crippen LogP contribution >= 0.6 is 0 Å². The maximum Gasteiger partial charge on any atom is 0.311 e. The Kier molecular flexibility index (Phi) is 6.09. The van der Waals surface area contributed by atoms with Gasteiger partial charge in [0, 0.05) is 0 Å². The molecule has 4 heteroatoms. The lowest BCUT2D eigenvalue weighted by Gasteiger charge is -2.27. The van der Waals surface area contributed by atoms with Crippen LogP contribution < -0.4 is 0 Å². The maximum absolute atomic E-state index is 12.1. The van der Waals surface area contributed by atoms with Crippen LogP contribution in [0.2, 0.25) is 0 Å². The summed E-state index contributed by atoms with van der Waals surface area (Å²) in [7, 11) is 0. The molecule has 0 spiro atoms. The quantitative estimate of drug-likeness (QED) is 0.586. The summed E-state index contributed by atoms with van der Waals surface area (Å²) in [4.78, 5) is 23.2. The van der Waals surface area contributed by atoms with Crippen LogP contribution in [-0.4, -0.2) is 22.6 Å². The van der Waals surface area contributed by atoms with Crippen LogP contribution in [0.3, 0.4) is 0 Å². The molecular weight excluding hydrogens is 232 g/mol. The first-order valence-corrected chi connectivity index (χ1v) is 6.16. The molecule has 0 aliphatic heterocycles.